The summed E-state index contributed by atoms with van der Waals surface area (Å²) in [6.07, 6.45) is 2.25. The Morgan fingerprint density at radius 3 is 2.81 bits per heavy atom. The van der Waals surface area contributed by atoms with E-state index in [9.17, 15) is 4.39 Å². The van der Waals surface area contributed by atoms with Gasteiger partial charge in [-0.2, -0.15) is 0 Å². The SMILES string of the molecule is CCNC(c1ccc(C)c(F)c1)C1CCc2ccccc21. The highest BCUT2D eigenvalue weighted by Crippen LogP contribution is 2.41. The molecule has 0 heterocycles. The molecule has 1 aliphatic rings. The van der Waals surface area contributed by atoms with Crippen molar-refractivity contribution >= 4 is 0 Å². The third-order valence-electron chi connectivity index (χ3n) is 4.56. The van der Waals surface area contributed by atoms with Crippen LogP contribution in [-0.2, 0) is 6.42 Å². The van der Waals surface area contributed by atoms with Crippen molar-refractivity contribution in [3.05, 3.63) is 70.5 Å². The summed E-state index contributed by atoms with van der Waals surface area (Å²) >= 11 is 0. The summed E-state index contributed by atoms with van der Waals surface area (Å²) in [7, 11) is 0. The molecule has 2 unspecified atom stereocenters. The standard InChI is InChI=1S/C19H22FN/c1-3-21-19(15-9-8-13(2)18(20)12-15)17-11-10-14-6-4-5-7-16(14)17/h4-9,12,17,19,21H,3,10-11H2,1-2H3. The summed E-state index contributed by atoms with van der Waals surface area (Å²) in [4.78, 5) is 0. The van der Waals surface area contributed by atoms with Crippen LogP contribution in [0.2, 0.25) is 0 Å². The number of hydrogen-bond acceptors (Lipinski definition) is 1. The third-order valence-corrected chi connectivity index (χ3v) is 4.56. The van der Waals surface area contributed by atoms with E-state index in [1.807, 2.05) is 13.0 Å². The lowest BCUT2D eigenvalue weighted by atomic mass is 9.88. The van der Waals surface area contributed by atoms with Crippen molar-refractivity contribution in [3.8, 4) is 0 Å². The smallest absolute Gasteiger partial charge is 0.126 e. The minimum absolute atomic E-state index is 0.110. The molecule has 21 heavy (non-hydrogen) atoms. The monoisotopic (exact) mass is 283 g/mol. The van der Waals surface area contributed by atoms with Crippen LogP contribution in [0.5, 0.6) is 0 Å². The molecule has 1 N–H and O–H groups in total. The molecule has 0 spiro atoms. The van der Waals surface area contributed by atoms with Gasteiger partial charge in [0.25, 0.3) is 0 Å². The maximum atomic E-state index is 13.9. The molecule has 1 nitrogen and oxygen atoms in total. The number of nitrogens with one attached hydrogen (secondary N) is 1. The number of rotatable bonds is 4. The first-order valence-corrected chi connectivity index (χ1v) is 7.78. The molecule has 2 heteroatoms. The van der Waals surface area contributed by atoms with Gasteiger partial charge in [-0.3, -0.25) is 0 Å². The molecule has 0 bridgehead atoms. The van der Waals surface area contributed by atoms with E-state index in [-0.39, 0.29) is 11.9 Å². The molecule has 1 aliphatic carbocycles. The Balaban J connectivity index is 1.97. The van der Waals surface area contributed by atoms with Crippen LogP contribution < -0.4 is 5.32 Å². The first-order chi connectivity index (χ1) is 10.2. The summed E-state index contributed by atoms with van der Waals surface area (Å²) < 4.78 is 13.9. The van der Waals surface area contributed by atoms with Gasteiger partial charge >= 0.3 is 0 Å². The number of halogens is 1. The highest BCUT2D eigenvalue weighted by atomic mass is 19.1. The molecule has 0 aromatic heterocycles. The maximum absolute atomic E-state index is 13.9. The second kappa shape index (κ2) is 5.98. The van der Waals surface area contributed by atoms with Crippen LogP contribution in [0.15, 0.2) is 42.5 Å². The van der Waals surface area contributed by atoms with Gasteiger partial charge < -0.3 is 5.32 Å². The van der Waals surface area contributed by atoms with Gasteiger partial charge in [-0.05, 0) is 54.6 Å². The van der Waals surface area contributed by atoms with Gasteiger partial charge in [-0.1, -0.05) is 43.3 Å². The van der Waals surface area contributed by atoms with Crippen LogP contribution in [0.1, 0.15) is 47.6 Å². The molecule has 3 rings (SSSR count). The largest absolute Gasteiger partial charge is 0.310 e. The van der Waals surface area contributed by atoms with Crippen molar-refractivity contribution in [1.29, 1.82) is 0 Å². The molecule has 0 fully saturated rings. The molecule has 0 amide bonds. The summed E-state index contributed by atoms with van der Waals surface area (Å²) in [5.74, 6) is 0.324. The summed E-state index contributed by atoms with van der Waals surface area (Å²) in [6.45, 7) is 4.81. The average Bonchev–Trinajstić information content (AvgIpc) is 2.92. The summed E-state index contributed by atoms with van der Waals surface area (Å²) in [5.41, 5.74) is 4.63. The predicted octanol–water partition coefficient (Wildman–Crippen LogP) is 4.51. The topological polar surface area (TPSA) is 12.0 Å². The molecule has 2 atom stereocenters. The molecule has 0 aliphatic heterocycles. The maximum Gasteiger partial charge on any atom is 0.126 e. The van der Waals surface area contributed by atoms with E-state index in [0.717, 1.165) is 24.9 Å². The Morgan fingerprint density at radius 2 is 2.05 bits per heavy atom. The van der Waals surface area contributed by atoms with Crippen molar-refractivity contribution < 1.29 is 4.39 Å². The zero-order valence-electron chi connectivity index (χ0n) is 12.7. The molecular weight excluding hydrogens is 261 g/mol. The zero-order valence-corrected chi connectivity index (χ0v) is 12.7. The summed E-state index contributed by atoms with van der Waals surface area (Å²) in [6, 6.07) is 14.5. The fourth-order valence-electron chi connectivity index (χ4n) is 3.45. The average molecular weight is 283 g/mol. The molecule has 0 radical (unpaired) electrons. The van der Waals surface area contributed by atoms with Gasteiger partial charge in [0.2, 0.25) is 0 Å². The Kier molecular flexibility index (Phi) is 4.07. The van der Waals surface area contributed by atoms with Crippen LogP contribution in [0.25, 0.3) is 0 Å². The van der Waals surface area contributed by atoms with Gasteiger partial charge in [0.15, 0.2) is 0 Å². The Morgan fingerprint density at radius 1 is 1.24 bits per heavy atom. The van der Waals surface area contributed by atoms with Gasteiger partial charge in [0.1, 0.15) is 5.82 Å². The van der Waals surface area contributed by atoms with Crippen molar-refractivity contribution in [1.82, 2.24) is 5.32 Å². The number of fused-ring (bicyclic) bond motifs is 1. The first kappa shape index (κ1) is 14.3. The number of benzene rings is 2. The minimum atomic E-state index is -0.110. The van der Waals surface area contributed by atoms with Crippen LogP contribution in [-0.4, -0.2) is 6.54 Å². The van der Waals surface area contributed by atoms with Crippen molar-refractivity contribution in [3.63, 3.8) is 0 Å². The molecule has 0 saturated heterocycles. The van der Waals surface area contributed by atoms with E-state index in [2.05, 4.69) is 42.6 Å². The first-order valence-electron chi connectivity index (χ1n) is 7.78. The van der Waals surface area contributed by atoms with Gasteiger partial charge in [-0.15, -0.1) is 0 Å². The highest BCUT2D eigenvalue weighted by Gasteiger charge is 2.30. The Labute approximate surface area is 126 Å². The zero-order chi connectivity index (χ0) is 14.8. The molecule has 110 valence electrons. The molecule has 2 aromatic carbocycles. The quantitative estimate of drug-likeness (QED) is 0.870. The normalized spacial score (nSPS) is 18.5. The minimum Gasteiger partial charge on any atom is -0.310 e. The van der Waals surface area contributed by atoms with Gasteiger partial charge in [0, 0.05) is 12.0 Å². The second-order valence-electron chi connectivity index (χ2n) is 5.89. The Bertz CT molecular complexity index is 635. The van der Waals surface area contributed by atoms with E-state index < -0.39 is 0 Å². The predicted molar refractivity (Wildman–Crippen MR) is 85.1 cm³/mol. The Hall–Kier alpha value is -1.67. The lowest BCUT2D eigenvalue weighted by Gasteiger charge is -2.26. The molecular formula is C19H22FN. The van der Waals surface area contributed by atoms with Crippen LogP contribution in [0, 0.1) is 12.7 Å². The van der Waals surface area contributed by atoms with Crippen molar-refractivity contribution in [2.45, 2.75) is 38.6 Å². The fraction of sp³-hybridized carbons (Fsp3) is 0.368. The van der Waals surface area contributed by atoms with Crippen LogP contribution in [0.3, 0.4) is 0 Å². The number of hydrogen-bond donors (Lipinski definition) is 1. The lowest BCUT2D eigenvalue weighted by molar-refractivity contribution is 0.450. The van der Waals surface area contributed by atoms with Crippen molar-refractivity contribution in [2.24, 2.45) is 0 Å². The van der Waals surface area contributed by atoms with E-state index in [1.54, 1.807) is 6.07 Å². The van der Waals surface area contributed by atoms with E-state index in [1.165, 1.54) is 11.1 Å². The van der Waals surface area contributed by atoms with Gasteiger partial charge in [-0.25, -0.2) is 4.39 Å². The van der Waals surface area contributed by atoms with E-state index in [4.69, 9.17) is 0 Å². The van der Waals surface area contributed by atoms with Gasteiger partial charge in [0.05, 0.1) is 0 Å². The molecule has 0 saturated carbocycles. The fourth-order valence-corrected chi connectivity index (χ4v) is 3.45. The number of likely N-dealkylation sites (N-methyl/N-ethyl adjacent to an activating group) is 1. The van der Waals surface area contributed by atoms with E-state index >= 15 is 0 Å². The second-order valence-corrected chi connectivity index (χ2v) is 5.89. The highest BCUT2D eigenvalue weighted by molar-refractivity contribution is 5.39. The third kappa shape index (κ3) is 2.73. The summed E-state index contributed by atoms with van der Waals surface area (Å²) in [5, 5.41) is 3.56. The van der Waals surface area contributed by atoms with Crippen LogP contribution in [0.4, 0.5) is 4.39 Å². The molecule has 2 aromatic rings. The van der Waals surface area contributed by atoms with E-state index in [0.29, 0.717) is 11.5 Å². The van der Waals surface area contributed by atoms with Crippen LogP contribution >= 0.6 is 0 Å². The van der Waals surface area contributed by atoms with Crippen molar-refractivity contribution in [2.75, 3.05) is 6.54 Å². The number of aryl methyl sites for hydroxylation is 2. The lowest BCUT2D eigenvalue weighted by Crippen LogP contribution is -2.26.